The molecule has 0 aliphatic carbocycles. The summed E-state index contributed by atoms with van der Waals surface area (Å²) >= 11 is 0. The molecule has 7 heteroatoms. The highest BCUT2D eigenvalue weighted by molar-refractivity contribution is 6.05. The molecule has 1 aromatic carbocycles. The van der Waals surface area contributed by atoms with E-state index >= 15 is 0 Å². The van der Waals surface area contributed by atoms with Crippen molar-refractivity contribution in [2.45, 2.75) is 34.3 Å². The SMILES string of the molecule is CCOC(=O)C1=C(C)NC(C)=C(C(=O)OCC)C1C(=O)OCc1ccccc1. The monoisotopic (exact) mass is 387 g/mol. The van der Waals surface area contributed by atoms with E-state index in [2.05, 4.69) is 5.32 Å². The number of nitrogens with one attached hydrogen (secondary N) is 1. The van der Waals surface area contributed by atoms with Crippen LogP contribution < -0.4 is 5.32 Å². The maximum absolute atomic E-state index is 13.0. The molecule has 0 amide bonds. The third-order valence-electron chi connectivity index (χ3n) is 4.21. The standard InChI is InChI=1S/C21H25NO6/c1-5-26-19(23)16-13(3)22-14(4)17(20(24)27-6-2)18(16)21(25)28-12-15-10-8-7-9-11-15/h7-11,18,22H,5-6,12H2,1-4H3. The molecule has 28 heavy (non-hydrogen) atoms. The van der Waals surface area contributed by atoms with Crippen LogP contribution in [0.1, 0.15) is 33.3 Å². The number of hydrogen-bond acceptors (Lipinski definition) is 7. The fraction of sp³-hybridized carbons (Fsp3) is 0.381. The predicted octanol–water partition coefficient (Wildman–Crippen LogP) is 2.62. The van der Waals surface area contributed by atoms with Crippen LogP contribution in [-0.4, -0.2) is 31.1 Å². The molecule has 1 aliphatic heterocycles. The van der Waals surface area contributed by atoms with Crippen molar-refractivity contribution in [1.82, 2.24) is 5.32 Å². The molecule has 1 N–H and O–H groups in total. The summed E-state index contributed by atoms with van der Waals surface area (Å²) in [6.07, 6.45) is 0. The Bertz CT molecular complexity index is 769. The van der Waals surface area contributed by atoms with Gasteiger partial charge in [0.25, 0.3) is 0 Å². The van der Waals surface area contributed by atoms with Crippen LogP contribution in [0.25, 0.3) is 0 Å². The molecule has 0 bridgehead atoms. The van der Waals surface area contributed by atoms with Crippen molar-refractivity contribution in [3.05, 3.63) is 58.4 Å². The lowest BCUT2D eigenvalue weighted by atomic mass is 9.85. The molecule has 0 radical (unpaired) electrons. The summed E-state index contributed by atoms with van der Waals surface area (Å²) in [6, 6.07) is 9.15. The highest BCUT2D eigenvalue weighted by atomic mass is 16.5. The molecule has 2 rings (SSSR count). The van der Waals surface area contributed by atoms with Gasteiger partial charge in [0.2, 0.25) is 0 Å². The van der Waals surface area contributed by atoms with Gasteiger partial charge in [-0.1, -0.05) is 30.3 Å². The molecule has 1 aromatic rings. The molecule has 0 saturated heterocycles. The molecular formula is C21H25NO6. The Morgan fingerprint density at radius 2 is 1.36 bits per heavy atom. The van der Waals surface area contributed by atoms with Gasteiger partial charge in [0, 0.05) is 11.4 Å². The van der Waals surface area contributed by atoms with E-state index in [1.54, 1.807) is 27.7 Å². The summed E-state index contributed by atoms with van der Waals surface area (Å²) in [5, 5.41) is 2.97. The first-order chi connectivity index (χ1) is 13.4. The van der Waals surface area contributed by atoms with Gasteiger partial charge < -0.3 is 19.5 Å². The molecule has 0 fully saturated rings. The minimum Gasteiger partial charge on any atom is -0.463 e. The number of allylic oxidation sites excluding steroid dienone is 2. The van der Waals surface area contributed by atoms with E-state index in [1.165, 1.54) is 0 Å². The second-order valence-corrected chi connectivity index (χ2v) is 6.17. The van der Waals surface area contributed by atoms with Gasteiger partial charge in [-0.15, -0.1) is 0 Å². The molecule has 0 saturated carbocycles. The fourth-order valence-electron chi connectivity index (χ4n) is 3.00. The van der Waals surface area contributed by atoms with E-state index in [1.807, 2.05) is 30.3 Å². The van der Waals surface area contributed by atoms with E-state index < -0.39 is 23.8 Å². The van der Waals surface area contributed by atoms with Gasteiger partial charge in [0.1, 0.15) is 12.5 Å². The highest BCUT2D eigenvalue weighted by Gasteiger charge is 2.42. The third-order valence-corrected chi connectivity index (χ3v) is 4.21. The van der Waals surface area contributed by atoms with Crippen LogP contribution in [0.3, 0.4) is 0 Å². The summed E-state index contributed by atoms with van der Waals surface area (Å²) in [5.74, 6) is -3.29. The highest BCUT2D eigenvalue weighted by Crippen LogP contribution is 2.32. The number of carbonyl (C=O) groups is 3. The van der Waals surface area contributed by atoms with Crippen molar-refractivity contribution < 1.29 is 28.6 Å². The second-order valence-electron chi connectivity index (χ2n) is 6.17. The Balaban J connectivity index is 2.38. The summed E-state index contributed by atoms with van der Waals surface area (Å²) in [5.41, 5.74) is 1.76. The van der Waals surface area contributed by atoms with E-state index in [9.17, 15) is 14.4 Å². The van der Waals surface area contributed by atoms with Crippen molar-refractivity contribution in [3.8, 4) is 0 Å². The van der Waals surface area contributed by atoms with Crippen molar-refractivity contribution in [3.63, 3.8) is 0 Å². The van der Waals surface area contributed by atoms with Crippen LogP contribution in [-0.2, 0) is 35.2 Å². The molecule has 1 heterocycles. The number of rotatable bonds is 7. The number of dihydropyridines is 1. The second kappa shape index (κ2) is 9.73. The third kappa shape index (κ3) is 4.79. The minimum absolute atomic E-state index is 0.0217. The van der Waals surface area contributed by atoms with E-state index in [4.69, 9.17) is 14.2 Å². The predicted molar refractivity (Wildman–Crippen MR) is 102 cm³/mol. The molecule has 0 spiro atoms. The lowest BCUT2D eigenvalue weighted by Crippen LogP contribution is -2.38. The number of benzene rings is 1. The first kappa shape index (κ1) is 21.2. The quantitative estimate of drug-likeness (QED) is 0.568. The number of ether oxygens (including phenoxy) is 3. The van der Waals surface area contributed by atoms with Gasteiger partial charge in [0.05, 0.1) is 24.4 Å². The normalized spacial score (nSPS) is 14.4. The smallest absolute Gasteiger partial charge is 0.337 e. The van der Waals surface area contributed by atoms with Crippen LogP contribution in [0.4, 0.5) is 0 Å². The Kier molecular flexibility index (Phi) is 7.37. The van der Waals surface area contributed by atoms with Crippen molar-refractivity contribution in [1.29, 1.82) is 0 Å². The summed E-state index contributed by atoms with van der Waals surface area (Å²) in [7, 11) is 0. The zero-order valence-electron chi connectivity index (χ0n) is 16.5. The van der Waals surface area contributed by atoms with E-state index in [0.29, 0.717) is 11.4 Å². The summed E-state index contributed by atoms with van der Waals surface area (Å²) < 4.78 is 15.6. The Labute approximate surface area is 164 Å². The van der Waals surface area contributed by atoms with Gasteiger partial charge in [-0.3, -0.25) is 4.79 Å². The lowest BCUT2D eigenvalue weighted by molar-refractivity contribution is -0.152. The van der Waals surface area contributed by atoms with E-state index in [0.717, 1.165) is 5.56 Å². The van der Waals surface area contributed by atoms with Crippen molar-refractivity contribution >= 4 is 17.9 Å². The van der Waals surface area contributed by atoms with Gasteiger partial charge in [0.15, 0.2) is 0 Å². The summed E-state index contributed by atoms with van der Waals surface area (Å²) in [4.78, 5) is 38.0. The molecule has 0 unspecified atom stereocenters. The molecule has 150 valence electrons. The molecule has 0 aromatic heterocycles. The van der Waals surface area contributed by atoms with Gasteiger partial charge in [-0.05, 0) is 33.3 Å². The maximum atomic E-state index is 13.0. The minimum atomic E-state index is -1.22. The van der Waals surface area contributed by atoms with E-state index in [-0.39, 0.29) is 31.0 Å². The Hall–Kier alpha value is -3.09. The Morgan fingerprint density at radius 3 is 1.82 bits per heavy atom. The fourth-order valence-corrected chi connectivity index (χ4v) is 3.00. The largest absolute Gasteiger partial charge is 0.463 e. The van der Waals surface area contributed by atoms with Crippen molar-refractivity contribution in [2.24, 2.45) is 5.92 Å². The first-order valence-corrected chi connectivity index (χ1v) is 9.14. The lowest BCUT2D eigenvalue weighted by Gasteiger charge is -2.28. The number of carbonyl (C=O) groups excluding carboxylic acids is 3. The summed E-state index contributed by atoms with van der Waals surface area (Å²) in [6.45, 7) is 6.93. The zero-order valence-corrected chi connectivity index (χ0v) is 16.5. The molecule has 7 nitrogen and oxygen atoms in total. The molecular weight excluding hydrogens is 362 g/mol. The van der Waals surface area contributed by atoms with Gasteiger partial charge in [-0.2, -0.15) is 0 Å². The van der Waals surface area contributed by atoms with Gasteiger partial charge >= 0.3 is 17.9 Å². The number of esters is 3. The molecule has 0 atom stereocenters. The van der Waals surface area contributed by atoms with Crippen LogP contribution in [0.15, 0.2) is 52.9 Å². The number of hydrogen-bond donors (Lipinski definition) is 1. The zero-order chi connectivity index (χ0) is 20.7. The van der Waals surface area contributed by atoms with Crippen LogP contribution in [0.2, 0.25) is 0 Å². The van der Waals surface area contributed by atoms with Crippen LogP contribution >= 0.6 is 0 Å². The first-order valence-electron chi connectivity index (χ1n) is 9.14. The molecule has 1 aliphatic rings. The topological polar surface area (TPSA) is 90.9 Å². The average molecular weight is 387 g/mol. The maximum Gasteiger partial charge on any atom is 0.337 e. The Morgan fingerprint density at radius 1 is 0.857 bits per heavy atom. The van der Waals surface area contributed by atoms with Gasteiger partial charge in [-0.25, -0.2) is 9.59 Å². The van der Waals surface area contributed by atoms with Crippen LogP contribution in [0, 0.1) is 5.92 Å². The van der Waals surface area contributed by atoms with Crippen LogP contribution in [0.5, 0.6) is 0 Å². The average Bonchev–Trinajstić information content (AvgIpc) is 2.66. The van der Waals surface area contributed by atoms with Crippen molar-refractivity contribution in [2.75, 3.05) is 13.2 Å².